The molecule has 0 unspecified atom stereocenters. The maximum absolute atomic E-state index is 12.0. The Bertz CT molecular complexity index is 399. The van der Waals surface area contributed by atoms with E-state index in [4.69, 9.17) is 0 Å². The Morgan fingerprint density at radius 1 is 1.31 bits per heavy atom. The van der Waals surface area contributed by atoms with Gasteiger partial charge in [-0.05, 0) is 19.3 Å². The molecular formula is C10H19N3O2S. The SMILES string of the molecule is CCC(CC)(CC)NS(=O)(=O)c1cn[nH]c1. The maximum atomic E-state index is 12.0. The number of H-pyrrole nitrogens is 1. The van der Waals surface area contributed by atoms with Crippen LogP contribution in [-0.4, -0.2) is 24.2 Å². The minimum Gasteiger partial charge on any atom is -0.284 e. The van der Waals surface area contributed by atoms with Crippen LogP contribution in [0.25, 0.3) is 0 Å². The first kappa shape index (κ1) is 13.2. The third-order valence-electron chi connectivity index (χ3n) is 3.16. The first-order chi connectivity index (χ1) is 7.49. The van der Waals surface area contributed by atoms with E-state index in [1.807, 2.05) is 20.8 Å². The van der Waals surface area contributed by atoms with Crippen molar-refractivity contribution >= 4 is 10.0 Å². The summed E-state index contributed by atoms with van der Waals surface area (Å²) in [6.07, 6.45) is 5.02. The van der Waals surface area contributed by atoms with Crippen LogP contribution in [0.15, 0.2) is 17.3 Å². The fraction of sp³-hybridized carbons (Fsp3) is 0.700. The van der Waals surface area contributed by atoms with Crippen molar-refractivity contribution in [3.05, 3.63) is 12.4 Å². The van der Waals surface area contributed by atoms with E-state index in [9.17, 15) is 8.42 Å². The highest BCUT2D eigenvalue weighted by Crippen LogP contribution is 2.22. The van der Waals surface area contributed by atoms with Crippen molar-refractivity contribution in [3.63, 3.8) is 0 Å². The molecule has 0 spiro atoms. The van der Waals surface area contributed by atoms with E-state index in [1.54, 1.807) is 0 Å². The average molecular weight is 245 g/mol. The van der Waals surface area contributed by atoms with E-state index >= 15 is 0 Å². The van der Waals surface area contributed by atoms with Crippen LogP contribution in [0.4, 0.5) is 0 Å². The molecule has 6 heteroatoms. The Morgan fingerprint density at radius 3 is 2.25 bits per heavy atom. The van der Waals surface area contributed by atoms with Crippen molar-refractivity contribution in [3.8, 4) is 0 Å². The summed E-state index contributed by atoms with van der Waals surface area (Å²) >= 11 is 0. The zero-order valence-electron chi connectivity index (χ0n) is 9.95. The fourth-order valence-corrected chi connectivity index (χ4v) is 3.22. The van der Waals surface area contributed by atoms with Crippen LogP contribution in [0.1, 0.15) is 40.0 Å². The fourth-order valence-electron chi connectivity index (χ4n) is 1.70. The number of nitrogens with zero attached hydrogens (tertiary/aromatic N) is 1. The smallest absolute Gasteiger partial charge is 0.244 e. The van der Waals surface area contributed by atoms with Crippen molar-refractivity contribution in [2.24, 2.45) is 0 Å². The highest BCUT2D eigenvalue weighted by molar-refractivity contribution is 7.89. The summed E-state index contributed by atoms with van der Waals surface area (Å²) in [7, 11) is -3.45. The van der Waals surface area contributed by atoms with Gasteiger partial charge in [-0.2, -0.15) is 5.10 Å². The second kappa shape index (κ2) is 4.97. The van der Waals surface area contributed by atoms with Gasteiger partial charge in [0.2, 0.25) is 10.0 Å². The minimum absolute atomic E-state index is 0.187. The van der Waals surface area contributed by atoms with E-state index in [0.717, 1.165) is 19.3 Å². The van der Waals surface area contributed by atoms with Crippen LogP contribution >= 0.6 is 0 Å². The topological polar surface area (TPSA) is 74.8 Å². The molecule has 0 aliphatic carbocycles. The van der Waals surface area contributed by atoms with Crippen LogP contribution in [0.3, 0.4) is 0 Å². The maximum Gasteiger partial charge on any atom is 0.244 e. The van der Waals surface area contributed by atoms with Crippen LogP contribution in [0, 0.1) is 0 Å². The summed E-state index contributed by atoms with van der Waals surface area (Å²) in [4.78, 5) is 0.187. The molecule has 1 rings (SSSR count). The van der Waals surface area contributed by atoms with E-state index in [0.29, 0.717) is 0 Å². The quantitative estimate of drug-likeness (QED) is 0.800. The number of nitrogens with one attached hydrogen (secondary N) is 2. The Kier molecular flexibility index (Phi) is 4.09. The van der Waals surface area contributed by atoms with E-state index in [2.05, 4.69) is 14.9 Å². The number of aromatic amines is 1. The van der Waals surface area contributed by atoms with Crippen molar-refractivity contribution in [1.29, 1.82) is 0 Å². The third kappa shape index (κ3) is 2.62. The number of hydrogen-bond donors (Lipinski definition) is 2. The number of rotatable bonds is 6. The lowest BCUT2D eigenvalue weighted by Crippen LogP contribution is -2.46. The molecule has 92 valence electrons. The first-order valence-electron chi connectivity index (χ1n) is 5.52. The van der Waals surface area contributed by atoms with E-state index in [-0.39, 0.29) is 10.4 Å². The van der Waals surface area contributed by atoms with Crippen LogP contribution in [0.5, 0.6) is 0 Å². The molecule has 0 saturated carbocycles. The summed E-state index contributed by atoms with van der Waals surface area (Å²) < 4.78 is 26.8. The zero-order valence-corrected chi connectivity index (χ0v) is 10.8. The predicted octanol–water partition coefficient (Wildman–Crippen LogP) is 1.66. The summed E-state index contributed by atoms with van der Waals surface area (Å²) in [5, 5.41) is 6.16. The van der Waals surface area contributed by atoms with Gasteiger partial charge in [0.25, 0.3) is 0 Å². The predicted molar refractivity (Wildman–Crippen MR) is 62.5 cm³/mol. The third-order valence-corrected chi connectivity index (χ3v) is 4.71. The summed E-state index contributed by atoms with van der Waals surface area (Å²) in [6.45, 7) is 5.97. The molecule has 0 aliphatic heterocycles. The van der Waals surface area contributed by atoms with Crippen molar-refractivity contribution < 1.29 is 8.42 Å². The number of sulfonamides is 1. The van der Waals surface area contributed by atoms with Crippen molar-refractivity contribution in [2.75, 3.05) is 0 Å². The molecule has 0 aliphatic rings. The Morgan fingerprint density at radius 2 is 1.88 bits per heavy atom. The van der Waals surface area contributed by atoms with Gasteiger partial charge in [0.05, 0.1) is 6.20 Å². The summed E-state index contributed by atoms with van der Waals surface area (Å²) in [6, 6.07) is 0. The normalized spacial score (nSPS) is 12.9. The lowest BCUT2D eigenvalue weighted by molar-refractivity contribution is 0.341. The largest absolute Gasteiger partial charge is 0.284 e. The van der Waals surface area contributed by atoms with Gasteiger partial charge in [-0.3, -0.25) is 5.10 Å². The lowest BCUT2D eigenvalue weighted by Gasteiger charge is -2.30. The lowest BCUT2D eigenvalue weighted by atomic mass is 9.91. The molecule has 2 N–H and O–H groups in total. The standard InChI is InChI=1S/C10H19N3O2S/c1-4-10(5-2,6-3)13-16(14,15)9-7-11-12-8-9/h7-8,13H,4-6H2,1-3H3,(H,11,12). The van der Waals surface area contributed by atoms with Gasteiger partial charge in [-0.25, -0.2) is 13.1 Å². The van der Waals surface area contributed by atoms with Crippen LogP contribution in [0.2, 0.25) is 0 Å². The summed E-state index contributed by atoms with van der Waals surface area (Å²) in [5.41, 5.74) is -0.351. The van der Waals surface area contributed by atoms with E-state index < -0.39 is 10.0 Å². The molecule has 0 fully saturated rings. The Labute approximate surface area is 96.7 Å². The van der Waals surface area contributed by atoms with Gasteiger partial charge in [0.15, 0.2) is 0 Å². The Hall–Kier alpha value is -0.880. The molecule has 1 aromatic heterocycles. The second-order valence-electron chi connectivity index (χ2n) is 3.88. The number of hydrogen-bond acceptors (Lipinski definition) is 3. The van der Waals surface area contributed by atoms with Gasteiger partial charge in [-0.1, -0.05) is 20.8 Å². The highest BCUT2D eigenvalue weighted by Gasteiger charge is 2.30. The van der Waals surface area contributed by atoms with Gasteiger partial charge >= 0.3 is 0 Å². The number of aromatic nitrogens is 2. The molecule has 1 aromatic rings. The van der Waals surface area contributed by atoms with Gasteiger partial charge in [0, 0.05) is 11.7 Å². The monoisotopic (exact) mass is 245 g/mol. The molecule has 16 heavy (non-hydrogen) atoms. The van der Waals surface area contributed by atoms with E-state index in [1.165, 1.54) is 12.4 Å². The van der Waals surface area contributed by atoms with Crippen molar-refractivity contribution in [1.82, 2.24) is 14.9 Å². The van der Waals surface area contributed by atoms with Crippen LogP contribution < -0.4 is 4.72 Å². The highest BCUT2D eigenvalue weighted by atomic mass is 32.2. The second-order valence-corrected chi connectivity index (χ2v) is 5.56. The van der Waals surface area contributed by atoms with Gasteiger partial charge in [-0.15, -0.1) is 0 Å². The molecule has 0 bridgehead atoms. The van der Waals surface area contributed by atoms with Crippen LogP contribution in [-0.2, 0) is 10.0 Å². The molecule has 0 atom stereocenters. The zero-order chi connectivity index (χ0) is 12.2. The minimum atomic E-state index is -3.45. The molecular weight excluding hydrogens is 226 g/mol. The molecule has 5 nitrogen and oxygen atoms in total. The molecule has 0 amide bonds. The molecule has 0 radical (unpaired) electrons. The first-order valence-corrected chi connectivity index (χ1v) is 7.00. The molecule has 0 aromatic carbocycles. The van der Waals surface area contributed by atoms with Crippen molar-refractivity contribution in [2.45, 2.75) is 50.5 Å². The average Bonchev–Trinajstić information content (AvgIpc) is 2.80. The van der Waals surface area contributed by atoms with Gasteiger partial charge in [0.1, 0.15) is 4.90 Å². The Balaban J connectivity index is 2.96. The molecule has 0 saturated heterocycles. The van der Waals surface area contributed by atoms with Gasteiger partial charge < -0.3 is 0 Å². The summed E-state index contributed by atoms with van der Waals surface area (Å²) in [5.74, 6) is 0. The molecule has 1 heterocycles.